The first-order valence-electron chi connectivity index (χ1n) is 7.49. The average molecular weight is 316 g/mol. The summed E-state index contributed by atoms with van der Waals surface area (Å²) >= 11 is 1.84. The minimum Gasteiger partial charge on any atom is -0.479 e. The number of nitrogens with one attached hydrogen (secondary N) is 1. The lowest BCUT2D eigenvalue weighted by Crippen LogP contribution is -2.53. The van der Waals surface area contributed by atoms with Crippen molar-refractivity contribution >= 4 is 23.8 Å². The molecule has 6 nitrogen and oxygen atoms in total. The molecule has 21 heavy (non-hydrogen) atoms. The third kappa shape index (κ3) is 4.26. The molecule has 2 N–H and O–H groups in total. The van der Waals surface area contributed by atoms with E-state index in [1.165, 1.54) is 19.3 Å². The van der Waals surface area contributed by atoms with Crippen LogP contribution in [-0.2, 0) is 9.53 Å². The number of aliphatic carboxylic acids is 1. The van der Waals surface area contributed by atoms with Gasteiger partial charge in [-0.15, -0.1) is 0 Å². The SMILES string of the molecule is CSC1(CNC(=O)N2CCOC(C(=O)O)C2)CCCCC1. The second kappa shape index (κ2) is 7.35. The maximum atomic E-state index is 12.2. The largest absolute Gasteiger partial charge is 0.479 e. The van der Waals surface area contributed by atoms with Gasteiger partial charge in [-0.2, -0.15) is 11.8 Å². The van der Waals surface area contributed by atoms with Crippen LogP contribution < -0.4 is 5.32 Å². The smallest absolute Gasteiger partial charge is 0.334 e. The molecule has 1 heterocycles. The molecule has 0 radical (unpaired) electrons. The van der Waals surface area contributed by atoms with Crippen LogP contribution in [0.25, 0.3) is 0 Å². The summed E-state index contributed by atoms with van der Waals surface area (Å²) in [5.74, 6) is -1.01. The van der Waals surface area contributed by atoms with E-state index >= 15 is 0 Å². The first-order chi connectivity index (χ1) is 10.1. The van der Waals surface area contributed by atoms with E-state index in [0.717, 1.165) is 12.8 Å². The maximum Gasteiger partial charge on any atom is 0.334 e. The third-order valence-corrected chi connectivity index (χ3v) is 5.81. The van der Waals surface area contributed by atoms with Gasteiger partial charge in [0.1, 0.15) is 0 Å². The Morgan fingerprint density at radius 3 is 2.71 bits per heavy atom. The van der Waals surface area contributed by atoms with Crippen molar-refractivity contribution in [3.63, 3.8) is 0 Å². The molecule has 0 aromatic rings. The summed E-state index contributed by atoms with van der Waals surface area (Å²) in [6.45, 7) is 1.50. The molecule has 1 aliphatic carbocycles. The molecule has 1 saturated heterocycles. The molecular weight excluding hydrogens is 292 g/mol. The summed E-state index contributed by atoms with van der Waals surface area (Å²) in [5.41, 5.74) is 0. The first-order valence-corrected chi connectivity index (χ1v) is 8.71. The van der Waals surface area contributed by atoms with Crippen LogP contribution in [0.15, 0.2) is 0 Å². The number of nitrogens with zero attached hydrogens (tertiary/aromatic N) is 1. The Bertz CT molecular complexity index is 385. The topological polar surface area (TPSA) is 78.9 Å². The van der Waals surface area contributed by atoms with Crippen LogP contribution in [0.2, 0.25) is 0 Å². The Balaban J connectivity index is 1.84. The predicted molar refractivity (Wildman–Crippen MR) is 81.7 cm³/mol. The zero-order chi connectivity index (χ0) is 15.3. The van der Waals surface area contributed by atoms with Gasteiger partial charge in [-0.1, -0.05) is 19.3 Å². The Labute approximate surface area is 129 Å². The van der Waals surface area contributed by atoms with E-state index in [-0.39, 0.29) is 23.9 Å². The highest BCUT2D eigenvalue weighted by Gasteiger charge is 2.33. The highest BCUT2D eigenvalue weighted by molar-refractivity contribution is 8.00. The molecule has 1 unspecified atom stereocenters. The summed E-state index contributed by atoms with van der Waals surface area (Å²) in [5, 5.41) is 12.0. The van der Waals surface area contributed by atoms with E-state index in [2.05, 4.69) is 11.6 Å². The number of amides is 2. The fourth-order valence-corrected chi connectivity index (χ4v) is 3.89. The summed E-state index contributed by atoms with van der Waals surface area (Å²) < 4.78 is 5.28. The molecule has 7 heteroatoms. The van der Waals surface area contributed by atoms with Crippen LogP contribution in [-0.4, -0.2) is 65.4 Å². The van der Waals surface area contributed by atoms with E-state index in [1.54, 1.807) is 4.90 Å². The van der Waals surface area contributed by atoms with Crippen molar-refractivity contribution in [2.45, 2.75) is 43.0 Å². The average Bonchev–Trinajstić information content (AvgIpc) is 2.53. The Kier molecular flexibility index (Phi) is 5.75. The number of carboxylic acids is 1. The van der Waals surface area contributed by atoms with Crippen molar-refractivity contribution in [3.8, 4) is 0 Å². The van der Waals surface area contributed by atoms with E-state index in [9.17, 15) is 9.59 Å². The van der Waals surface area contributed by atoms with Crippen LogP contribution in [0.4, 0.5) is 4.79 Å². The number of ether oxygens (including phenoxy) is 1. The lowest BCUT2D eigenvalue weighted by molar-refractivity contribution is -0.154. The van der Waals surface area contributed by atoms with Crippen LogP contribution in [0, 0.1) is 0 Å². The van der Waals surface area contributed by atoms with Gasteiger partial charge in [0.15, 0.2) is 6.10 Å². The van der Waals surface area contributed by atoms with Gasteiger partial charge in [0.25, 0.3) is 0 Å². The molecule has 2 amide bonds. The second-order valence-corrected chi connectivity index (χ2v) is 7.02. The van der Waals surface area contributed by atoms with Crippen LogP contribution in [0.5, 0.6) is 0 Å². The number of rotatable bonds is 4. The predicted octanol–water partition coefficient (Wildman–Crippen LogP) is 1.55. The van der Waals surface area contributed by atoms with Gasteiger partial charge >= 0.3 is 12.0 Å². The van der Waals surface area contributed by atoms with Gasteiger partial charge < -0.3 is 20.1 Å². The van der Waals surface area contributed by atoms with Gasteiger partial charge in [-0.25, -0.2) is 9.59 Å². The second-order valence-electron chi connectivity index (χ2n) is 5.75. The standard InChI is InChI=1S/C14H24N2O4S/c1-21-14(5-3-2-4-6-14)10-15-13(19)16-7-8-20-11(9-16)12(17)18/h11H,2-10H2,1H3,(H,15,19)(H,17,18). The van der Waals surface area contributed by atoms with Crippen LogP contribution >= 0.6 is 11.8 Å². The number of thioether (sulfide) groups is 1. The number of hydrogen-bond donors (Lipinski definition) is 2. The molecule has 2 rings (SSSR count). The van der Waals surface area contributed by atoms with Crippen molar-refractivity contribution in [2.75, 3.05) is 32.5 Å². The number of hydrogen-bond acceptors (Lipinski definition) is 4. The lowest BCUT2D eigenvalue weighted by atomic mass is 9.88. The van der Waals surface area contributed by atoms with E-state index < -0.39 is 12.1 Å². The molecule has 1 saturated carbocycles. The lowest BCUT2D eigenvalue weighted by Gasteiger charge is -2.37. The number of carbonyl (C=O) groups is 2. The van der Waals surface area contributed by atoms with E-state index in [4.69, 9.17) is 9.84 Å². The van der Waals surface area contributed by atoms with Crippen molar-refractivity contribution in [2.24, 2.45) is 0 Å². The number of urea groups is 1. The summed E-state index contributed by atoms with van der Waals surface area (Å²) in [4.78, 5) is 24.7. The molecule has 0 aromatic heterocycles. The zero-order valence-corrected chi connectivity index (χ0v) is 13.3. The van der Waals surface area contributed by atoms with Crippen molar-refractivity contribution in [3.05, 3.63) is 0 Å². The molecule has 1 atom stereocenters. The molecule has 120 valence electrons. The highest BCUT2D eigenvalue weighted by Crippen LogP contribution is 2.37. The molecule has 2 aliphatic rings. The van der Waals surface area contributed by atoms with E-state index in [1.807, 2.05) is 11.8 Å². The van der Waals surface area contributed by atoms with Crippen molar-refractivity contribution in [1.82, 2.24) is 10.2 Å². The molecule has 0 aromatic carbocycles. The van der Waals surface area contributed by atoms with Crippen LogP contribution in [0.3, 0.4) is 0 Å². The van der Waals surface area contributed by atoms with Gasteiger partial charge in [0.05, 0.1) is 13.2 Å². The van der Waals surface area contributed by atoms with E-state index in [0.29, 0.717) is 13.1 Å². The van der Waals surface area contributed by atoms with Gasteiger partial charge in [0.2, 0.25) is 0 Å². The molecule has 1 aliphatic heterocycles. The molecule has 0 spiro atoms. The number of morpholine rings is 1. The number of carbonyl (C=O) groups excluding carboxylic acids is 1. The first kappa shape index (κ1) is 16.4. The van der Waals surface area contributed by atoms with Crippen LogP contribution in [0.1, 0.15) is 32.1 Å². The van der Waals surface area contributed by atoms with Crippen molar-refractivity contribution in [1.29, 1.82) is 0 Å². The van der Waals surface area contributed by atoms with Gasteiger partial charge in [-0.05, 0) is 19.1 Å². The third-order valence-electron chi connectivity index (χ3n) is 4.39. The Morgan fingerprint density at radius 1 is 1.38 bits per heavy atom. The Hall–Kier alpha value is -0.950. The van der Waals surface area contributed by atoms with Gasteiger partial charge in [-0.3, -0.25) is 0 Å². The normalized spacial score (nSPS) is 25.4. The monoisotopic (exact) mass is 316 g/mol. The highest BCUT2D eigenvalue weighted by atomic mass is 32.2. The summed E-state index contributed by atoms with van der Waals surface area (Å²) in [6, 6.07) is -0.177. The van der Waals surface area contributed by atoms with Crippen molar-refractivity contribution < 1.29 is 19.4 Å². The molecule has 0 bridgehead atoms. The Morgan fingerprint density at radius 2 is 2.10 bits per heavy atom. The molecular formula is C14H24N2O4S. The maximum absolute atomic E-state index is 12.2. The fraction of sp³-hybridized carbons (Fsp3) is 0.857. The zero-order valence-electron chi connectivity index (χ0n) is 12.5. The molecule has 2 fully saturated rings. The fourth-order valence-electron chi connectivity index (χ4n) is 2.98. The summed E-state index contributed by atoms with van der Waals surface area (Å²) in [7, 11) is 0. The minimum absolute atomic E-state index is 0.118. The number of carboxylic acid groups (broad SMARTS) is 1. The van der Waals surface area contributed by atoms with Gasteiger partial charge in [0, 0.05) is 17.8 Å². The summed E-state index contributed by atoms with van der Waals surface area (Å²) in [6.07, 6.45) is 7.18. The quantitative estimate of drug-likeness (QED) is 0.822. The minimum atomic E-state index is -1.01.